The fourth-order valence-electron chi connectivity index (χ4n) is 3.23. The van der Waals surface area contributed by atoms with Crippen LogP contribution < -0.4 is 10.9 Å². The summed E-state index contributed by atoms with van der Waals surface area (Å²) in [5.74, 6) is -0.697. The summed E-state index contributed by atoms with van der Waals surface area (Å²) < 4.78 is 0. The molecule has 6 nitrogen and oxygen atoms in total. The van der Waals surface area contributed by atoms with E-state index in [2.05, 4.69) is 34.9 Å². The van der Waals surface area contributed by atoms with Crippen molar-refractivity contribution in [2.24, 2.45) is 10.2 Å². The predicted octanol–water partition coefficient (Wildman–Crippen LogP) is 5.23. The molecule has 0 unspecified atom stereocenters. The van der Waals surface area contributed by atoms with Gasteiger partial charge in [-0.15, -0.1) is 0 Å². The smallest absolute Gasteiger partial charge is 0.267 e. The van der Waals surface area contributed by atoms with Crippen LogP contribution >= 0.6 is 0 Å². The maximum Gasteiger partial charge on any atom is 0.271 e. The molecule has 0 aliphatic carbocycles. The molecule has 0 heterocycles. The van der Waals surface area contributed by atoms with Gasteiger partial charge in [0.25, 0.3) is 11.8 Å². The number of carbonyl (C=O) groups is 2. The summed E-state index contributed by atoms with van der Waals surface area (Å²) in [6.45, 7) is 11.9. The number of benzene rings is 3. The molecular weight excluding hydrogens is 424 g/mol. The van der Waals surface area contributed by atoms with Crippen molar-refractivity contribution in [3.63, 3.8) is 0 Å². The van der Waals surface area contributed by atoms with E-state index in [4.69, 9.17) is 0 Å². The molecule has 2 amide bonds. The molecule has 6 heteroatoms. The van der Waals surface area contributed by atoms with Crippen molar-refractivity contribution in [2.45, 2.75) is 41.5 Å². The van der Waals surface area contributed by atoms with Gasteiger partial charge in [-0.25, -0.2) is 10.9 Å². The highest BCUT2D eigenvalue weighted by Gasteiger charge is 2.09. The van der Waals surface area contributed by atoms with E-state index >= 15 is 0 Å². The third-order valence-corrected chi connectivity index (χ3v) is 5.91. The van der Waals surface area contributed by atoms with Gasteiger partial charge in [0.05, 0.1) is 11.4 Å². The van der Waals surface area contributed by atoms with Crippen molar-refractivity contribution in [1.29, 1.82) is 0 Å². The molecule has 0 saturated carbocycles. The SMILES string of the molecule is C/C(=N\NC(=O)c1ccc(C(=O)N/N=C(\C)c2ccc(C)c(C)c2)cc1)c1ccc(C)c(C)c1. The number of amides is 2. The number of nitrogens with zero attached hydrogens (tertiary/aromatic N) is 2. The van der Waals surface area contributed by atoms with Crippen LogP contribution in [0.4, 0.5) is 0 Å². The van der Waals surface area contributed by atoms with Crippen LogP contribution in [-0.2, 0) is 0 Å². The topological polar surface area (TPSA) is 82.9 Å². The van der Waals surface area contributed by atoms with Gasteiger partial charge in [-0.2, -0.15) is 10.2 Å². The molecular formula is C28H30N4O2. The molecule has 0 spiro atoms. The molecule has 0 bridgehead atoms. The van der Waals surface area contributed by atoms with Gasteiger partial charge in [-0.1, -0.05) is 24.3 Å². The molecule has 0 aromatic heterocycles. The van der Waals surface area contributed by atoms with Crippen LogP contribution in [0.15, 0.2) is 70.9 Å². The molecule has 0 atom stereocenters. The number of rotatable bonds is 6. The highest BCUT2D eigenvalue weighted by molar-refractivity contribution is 6.02. The van der Waals surface area contributed by atoms with Crippen molar-refractivity contribution in [1.82, 2.24) is 10.9 Å². The van der Waals surface area contributed by atoms with Gasteiger partial charge in [0.2, 0.25) is 0 Å². The first-order valence-electron chi connectivity index (χ1n) is 11.1. The normalized spacial score (nSPS) is 11.8. The van der Waals surface area contributed by atoms with Gasteiger partial charge in [0.15, 0.2) is 0 Å². The minimum Gasteiger partial charge on any atom is -0.267 e. The Bertz CT molecular complexity index is 1190. The second kappa shape index (κ2) is 10.7. The van der Waals surface area contributed by atoms with E-state index in [1.807, 2.05) is 64.1 Å². The Morgan fingerprint density at radius 2 is 0.853 bits per heavy atom. The van der Waals surface area contributed by atoms with Crippen LogP contribution in [0.2, 0.25) is 0 Å². The lowest BCUT2D eigenvalue weighted by molar-refractivity contribution is 0.0943. The number of hydrogen-bond donors (Lipinski definition) is 2. The first-order valence-corrected chi connectivity index (χ1v) is 11.1. The summed E-state index contributed by atoms with van der Waals surface area (Å²) in [5.41, 5.74) is 14.0. The van der Waals surface area contributed by atoms with Crippen molar-refractivity contribution < 1.29 is 9.59 Å². The molecule has 3 aromatic rings. The minimum absolute atomic E-state index is 0.348. The van der Waals surface area contributed by atoms with Crippen LogP contribution in [0.1, 0.15) is 67.9 Å². The zero-order valence-corrected chi connectivity index (χ0v) is 20.5. The lowest BCUT2D eigenvalue weighted by atomic mass is 10.0. The summed E-state index contributed by atoms with van der Waals surface area (Å²) in [7, 11) is 0. The van der Waals surface area contributed by atoms with E-state index in [-0.39, 0.29) is 11.8 Å². The molecule has 0 fully saturated rings. The standard InChI is InChI=1S/C28H30N4O2/c1-17-7-9-25(15-19(17)3)21(5)29-31-27(33)23-11-13-24(14-12-23)28(34)32-30-22(6)26-10-8-18(2)20(4)16-26/h7-16H,1-6H3,(H,31,33)(H,32,34)/b29-21+,30-22+. The van der Waals surface area contributed by atoms with Gasteiger partial charge in [0, 0.05) is 11.1 Å². The Labute approximate surface area is 200 Å². The van der Waals surface area contributed by atoms with Gasteiger partial charge in [0.1, 0.15) is 0 Å². The number of carbonyl (C=O) groups excluding carboxylic acids is 2. The molecule has 174 valence electrons. The van der Waals surface area contributed by atoms with Gasteiger partial charge in [-0.3, -0.25) is 9.59 Å². The Hall–Kier alpha value is -4.06. The molecule has 0 aliphatic heterocycles. The minimum atomic E-state index is -0.348. The summed E-state index contributed by atoms with van der Waals surface area (Å²) in [6, 6.07) is 18.4. The summed E-state index contributed by atoms with van der Waals surface area (Å²) in [4.78, 5) is 24.9. The van der Waals surface area contributed by atoms with Gasteiger partial charge >= 0.3 is 0 Å². The molecule has 0 radical (unpaired) electrons. The molecule has 34 heavy (non-hydrogen) atoms. The second-order valence-electron chi connectivity index (χ2n) is 8.45. The molecule has 3 aromatic carbocycles. The van der Waals surface area contributed by atoms with Crippen LogP contribution in [0.3, 0.4) is 0 Å². The van der Waals surface area contributed by atoms with E-state index in [1.165, 1.54) is 22.3 Å². The maximum absolute atomic E-state index is 12.5. The molecule has 3 rings (SSSR count). The van der Waals surface area contributed by atoms with Gasteiger partial charge in [-0.05, 0) is 111 Å². The van der Waals surface area contributed by atoms with E-state index < -0.39 is 0 Å². The summed E-state index contributed by atoms with van der Waals surface area (Å²) >= 11 is 0. The van der Waals surface area contributed by atoms with Gasteiger partial charge < -0.3 is 0 Å². The highest BCUT2D eigenvalue weighted by atomic mass is 16.2. The monoisotopic (exact) mass is 454 g/mol. The van der Waals surface area contributed by atoms with Crippen LogP contribution in [0.25, 0.3) is 0 Å². The first-order chi connectivity index (χ1) is 16.2. The van der Waals surface area contributed by atoms with Crippen LogP contribution in [-0.4, -0.2) is 23.2 Å². The third-order valence-electron chi connectivity index (χ3n) is 5.91. The average Bonchev–Trinajstić information content (AvgIpc) is 2.84. The van der Waals surface area contributed by atoms with E-state index in [9.17, 15) is 9.59 Å². The maximum atomic E-state index is 12.5. The average molecular weight is 455 g/mol. The van der Waals surface area contributed by atoms with Crippen molar-refractivity contribution in [3.8, 4) is 0 Å². The van der Waals surface area contributed by atoms with E-state index in [0.717, 1.165) is 11.1 Å². The number of hydrogen-bond acceptors (Lipinski definition) is 4. The fraction of sp³-hybridized carbons (Fsp3) is 0.214. The van der Waals surface area contributed by atoms with Crippen molar-refractivity contribution in [2.75, 3.05) is 0 Å². The molecule has 0 saturated heterocycles. The van der Waals surface area contributed by atoms with Crippen molar-refractivity contribution in [3.05, 3.63) is 105 Å². The number of hydrazone groups is 2. The van der Waals surface area contributed by atoms with Crippen LogP contribution in [0, 0.1) is 27.7 Å². The second-order valence-corrected chi connectivity index (χ2v) is 8.45. The lowest BCUT2D eigenvalue weighted by Crippen LogP contribution is -2.21. The summed E-state index contributed by atoms with van der Waals surface area (Å²) in [6.07, 6.45) is 0. The zero-order valence-electron chi connectivity index (χ0n) is 20.5. The van der Waals surface area contributed by atoms with E-state index in [1.54, 1.807) is 24.3 Å². The third kappa shape index (κ3) is 6.04. The molecule has 2 N–H and O–H groups in total. The Morgan fingerprint density at radius 3 is 1.18 bits per heavy atom. The van der Waals surface area contributed by atoms with E-state index in [0.29, 0.717) is 22.6 Å². The Morgan fingerprint density at radius 1 is 0.529 bits per heavy atom. The first kappa shape index (κ1) is 24.6. The zero-order chi connectivity index (χ0) is 24.8. The fourth-order valence-corrected chi connectivity index (χ4v) is 3.23. The number of aryl methyl sites for hydroxylation is 4. The predicted molar refractivity (Wildman–Crippen MR) is 138 cm³/mol. The number of nitrogens with one attached hydrogen (secondary N) is 2. The lowest BCUT2D eigenvalue weighted by Gasteiger charge is -2.07. The quantitative estimate of drug-likeness (QED) is 0.395. The summed E-state index contributed by atoms with van der Waals surface area (Å²) in [5, 5.41) is 8.42. The van der Waals surface area contributed by atoms with Crippen LogP contribution in [0.5, 0.6) is 0 Å². The highest BCUT2D eigenvalue weighted by Crippen LogP contribution is 2.12. The Kier molecular flexibility index (Phi) is 7.74. The largest absolute Gasteiger partial charge is 0.271 e. The Balaban J connectivity index is 1.62. The molecule has 0 aliphatic rings. The van der Waals surface area contributed by atoms with Crippen molar-refractivity contribution >= 4 is 23.2 Å².